The molecule has 0 radical (unpaired) electrons. The largest absolute Gasteiger partial charge is 0.422 e. The second-order valence-corrected chi connectivity index (χ2v) is 23.2. The topological polar surface area (TPSA) is 64.6 Å². The van der Waals surface area contributed by atoms with E-state index in [4.69, 9.17) is 31.0 Å². The van der Waals surface area contributed by atoms with Crippen LogP contribution in [0.1, 0.15) is 57.8 Å². The van der Waals surface area contributed by atoms with E-state index in [9.17, 15) is 0 Å². The lowest BCUT2D eigenvalue weighted by Crippen LogP contribution is -2.52. The Kier molecular flexibility index (Phi) is 17.6. The fraction of sp³-hybridized carbons (Fsp3) is 0.514. The second kappa shape index (κ2) is 20.8. The summed E-state index contributed by atoms with van der Waals surface area (Å²) >= 11 is 0. The van der Waals surface area contributed by atoms with Crippen molar-refractivity contribution in [2.24, 2.45) is 0 Å². The lowest BCUT2D eigenvalue weighted by molar-refractivity contribution is 0.0432. The summed E-state index contributed by atoms with van der Waals surface area (Å²) in [4.78, 5) is 0. The maximum Gasteiger partial charge on any atom is 0.371 e. The Labute approximate surface area is 296 Å². The van der Waals surface area contributed by atoms with E-state index in [1.807, 2.05) is 18.2 Å². The van der Waals surface area contributed by atoms with Gasteiger partial charge in [0.2, 0.25) is 0 Å². The summed E-state index contributed by atoms with van der Waals surface area (Å²) in [7, 11) is 4.01. The van der Waals surface area contributed by atoms with E-state index in [0.717, 1.165) is 75.9 Å². The monoisotopic (exact) mass is 728 g/mol. The zero-order valence-electron chi connectivity index (χ0n) is 30.5. The first kappa shape index (κ1) is 40.7. The van der Waals surface area contributed by atoms with Gasteiger partial charge in [0.15, 0.2) is 0 Å². The van der Waals surface area contributed by atoms with Crippen molar-refractivity contribution in [3.8, 4) is 0 Å². The molecule has 0 heterocycles. The van der Waals surface area contributed by atoms with Crippen molar-refractivity contribution in [3.05, 3.63) is 91.0 Å². The molecule has 0 fully saturated rings. The molecular weight excluding hydrogens is 669 g/mol. The first-order valence-corrected chi connectivity index (χ1v) is 24.3. The normalized spacial score (nSPS) is 12.9. The van der Waals surface area contributed by atoms with Crippen LogP contribution in [-0.4, -0.2) is 84.4 Å². The van der Waals surface area contributed by atoms with Gasteiger partial charge in [0.05, 0.1) is 5.60 Å². The van der Waals surface area contributed by atoms with E-state index in [0.29, 0.717) is 10.5 Å². The van der Waals surface area contributed by atoms with Gasteiger partial charge in [0.1, 0.15) is 10.5 Å². The summed E-state index contributed by atoms with van der Waals surface area (Å²) in [5.74, 6) is 0. The molecule has 0 spiro atoms. The van der Waals surface area contributed by atoms with E-state index in [2.05, 4.69) is 72.8 Å². The molecule has 0 atom stereocenters. The van der Waals surface area contributed by atoms with Crippen LogP contribution in [0.5, 0.6) is 0 Å². The molecule has 3 aromatic carbocycles. The average molecular weight is 729 g/mol. The van der Waals surface area contributed by atoms with E-state index >= 15 is 0 Å². The van der Waals surface area contributed by atoms with Crippen LogP contribution in [0, 0.1) is 0 Å². The molecule has 0 saturated carbocycles. The highest BCUT2D eigenvalue weighted by Gasteiger charge is 2.40. The molecule has 0 N–H and O–H groups in total. The zero-order valence-corrected chi connectivity index (χ0v) is 35.5. The van der Waals surface area contributed by atoms with Crippen molar-refractivity contribution >= 4 is 51.7 Å². The molecule has 0 aliphatic heterocycles. The van der Waals surface area contributed by atoms with Gasteiger partial charge in [-0.3, -0.25) is 0 Å². The Morgan fingerprint density at radius 3 is 0.875 bits per heavy atom. The standard InChI is InChI=1S/C37H60O7Si4/c1-38-46(39-2,34-22-10-7-11-23-34)31-19-16-28-37(44-45,29-17-20-32-47(40-3,41-4)35-24-12-8-13-25-35)30-18-21-33-48(42-5,43-6)36-26-14-9-15-27-36/h7-15,22-27H,16-21,28-33H2,1-6,45H3. The lowest BCUT2D eigenvalue weighted by Gasteiger charge is -2.35. The molecule has 0 aromatic heterocycles. The Balaban J connectivity index is 1.69. The maximum atomic E-state index is 6.63. The fourth-order valence-electron chi connectivity index (χ4n) is 7.17. The third kappa shape index (κ3) is 10.6. The molecular formula is C37H60O7Si4. The molecule has 0 unspecified atom stereocenters. The van der Waals surface area contributed by atoms with Crippen molar-refractivity contribution < 1.29 is 31.0 Å². The Hall–Kier alpha value is -1.75. The van der Waals surface area contributed by atoms with Crippen molar-refractivity contribution in [2.75, 3.05) is 42.7 Å². The summed E-state index contributed by atoms with van der Waals surface area (Å²) in [6.45, 7) is 0. The number of unbranched alkanes of at least 4 members (excludes halogenated alkanes) is 3. The number of rotatable bonds is 25. The minimum Gasteiger partial charge on any atom is -0.422 e. The van der Waals surface area contributed by atoms with Gasteiger partial charge in [-0.05, 0) is 53.0 Å². The van der Waals surface area contributed by atoms with Gasteiger partial charge in [-0.1, -0.05) is 130 Å². The zero-order chi connectivity index (χ0) is 34.8. The van der Waals surface area contributed by atoms with Crippen molar-refractivity contribution in [3.63, 3.8) is 0 Å². The molecule has 0 bridgehead atoms. The minimum atomic E-state index is -2.49. The fourth-order valence-corrected chi connectivity index (χ4v) is 16.0. The van der Waals surface area contributed by atoms with E-state index in [-0.39, 0.29) is 5.60 Å². The Morgan fingerprint density at radius 1 is 0.417 bits per heavy atom. The van der Waals surface area contributed by atoms with Gasteiger partial charge in [-0.15, -0.1) is 0 Å². The SMILES string of the molecule is CO[Si](CCCCC(CCCC[Si](OC)(OC)c1ccccc1)(CCCC[Si](OC)(OC)c1ccccc1)O[SiH3])(OC)c1ccccc1. The number of hydrogen-bond donors (Lipinski definition) is 0. The van der Waals surface area contributed by atoms with Crippen molar-refractivity contribution in [1.82, 2.24) is 0 Å². The van der Waals surface area contributed by atoms with Gasteiger partial charge in [0.25, 0.3) is 0 Å². The van der Waals surface area contributed by atoms with Crippen LogP contribution in [0.2, 0.25) is 18.1 Å². The molecule has 11 heteroatoms. The molecule has 0 amide bonds. The summed E-state index contributed by atoms with van der Waals surface area (Å²) in [5, 5.41) is 3.56. The smallest absolute Gasteiger partial charge is 0.371 e. The van der Waals surface area contributed by atoms with Crippen LogP contribution in [0.4, 0.5) is 0 Å². The maximum absolute atomic E-state index is 6.63. The molecule has 0 aliphatic rings. The summed E-state index contributed by atoms with van der Waals surface area (Å²) in [6.07, 6.45) is 9.36. The highest BCUT2D eigenvalue weighted by Crippen LogP contribution is 2.33. The van der Waals surface area contributed by atoms with Gasteiger partial charge in [-0.2, -0.15) is 0 Å². The quantitative estimate of drug-likeness (QED) is 0.0849. The van der Waals surface area contributed by atoms with E-state index < -0.39 is 25.7 Å². The third-order valence-electron chi connectivity index (χ3n) is 10.2. The first-order chi connectivity index (χ1) is 23.4. The van der Waals surface area contributed by atoms with Gasteiger partial charge in [0, 0.05) is 42.7 Å². The Morgan fingerprint density at radius 2 is 0.667 bits per heavy atom. The van der Waals surface area contributed by atoms with E-state index in [1.165, 1.54) is 15.6 Å². The van der Waals surface area contributed by atoms with E-state index in [1.54, 1.807) is 42.7 Å². The van der Waals surface area contributed by atoms with Crippen molar-refractivity contribution in [2.45, 2.75) is 81.5 Å². The Bertz CT molecular complexity index is 1100. The molecule has 266 valence electrons. The predicted octanol–water partition coefficient (Wildman–Crippen LogP) is 5.46. The highest BCUT2D eigenvalue weighted by atomic mass is 28.4. The second-order valence-electron chi connectivity index (χ2n) is 12.6. The minimum absolute atomic E-state index is 0.155. The molecule has 3 aromatic rings. The van der Waals surface area contributed by atoms with Crippen LogP contribution in [0.3, 0.4) is 0 Å². The molecule has 0 saturated heterocycles. The van der Waals surface area contributed by atoms with Crippen LogP contribution in [0.15, 0.2) is 91.0 Å². The van der Waals surface area contributed by atoms with Crippen molar-refractivity contribution in [1.29, 1.82) is 0 Å². The summed E-state index contributed by atoms with van der Waals surface area (Å²) in [6, 6.07) is 34.1. The molecule has 48 heavy (non-hydrogen) atoms. The molecule has 7 nitrogen and oxygen atoms in total. The first-order valence-electron chi connectivity index (χ1n) is 17.4. The third-order valence-corrected chi connectivity index (χ3v) is 21.7. The number of benzene rings is 3. The summed E-state index contributed by atoms with van der Waals surface area (Å²) < 4.78 is 43.4. The molecule has 0 aliphatic carbocycles. The lowest BCUT2D eigenvalue weighted by atomic mass is 9.86. The van der Waals surface area contributed by atoms with Crippen LogP contribution < -0.4 is 15.6 Å². The van der Waals surface area contributed by atoms with Crippen LogP contribution in [0.25, 0.3) is 0 Å². The highest BCUT2D eigenvalue weighted by molar-refractivity contribution is 6.82. The van der Waals surface area contributed by atoms with Gasteiger partial charge >= 0.3 is 25.7 Å². The van der Waals surface area contributed by atoms with Crippen LogP contribution in [-0.2, 0) is 31.0 Å². The van der Waals surface area contributed by atoms with Gasteiger partial charge in [-0.25, -0.2) is 0 Å². The number of hydrogen-bond acceptors (Lipinski definition) is 7. The predicted molar refractivity (Wildman–Crippen MR) is 207 cm³/mol. The van der Waals surface area contributed by atoms with Crippen LogP contribution >= 0.6 is 0 Å². The van der Waals surface area contributed by atoms with Gasteiger partial charge < -0.3 is 31.0 Å². The summed E-state index contributed by atoms with van der Waals surface area (Å²) in [5.41, 5.74) is -0.155. The molecule has 3 rings (SSSR count). The average Bonchev–Trinajstić information content (AvgIpc) is 3.16.